The molecule has 0 spiro atoms. The minimum absolute atomic E-state index is 0.421. The second-order valence-electron chi connectivity index (χ2n) is 4.15. The number of hydrogen-bond donors (Lipinski definition) is 1. The summed E-state index contributed by atoms with van der Waals surface area (Å²) < 4.78 is 1.94. The van der Waals surface area contributed by atoms with E-state index in [2.05, 4.69) is 4.98 Å². The first-order valence-electron chi connectivity index (χ1n) is 5.67. The average molecular weight is 272 g/mol. The van der Waals surface area contributed by atoms with Crippen molar-refractivity contribution < 1.29 is 4.79 Å². The number of primary amides is 1. The highest BCUT2D eigenvalue weighted by Gasteiger charge is 2.10. The number of hydrogen-bond acceptors (Lipinski definition) is 2. The Hall–Kier alpha value is -2.33. The molecule has 2 N–H and O–H groups in total. The second-order valence-corrected chi connectivity index (χ2v) is 4.58. The van der Waals surface area contributed by atoms with Crippen LogP contribution < -0.4 is 5.73 Å². The van der Waals surface area contributed by atoms with Gasteiger partial charge in [-0.05, 0) is 30.3 Å². The number of pyridine rings is 1. The fourth-order valence-corrected chi connectivity index (χ4v) is 2.21. The molecule has 1 amide bonds. The zero-order chi connectivity index (χ0) is 13.4. The van der Waals surface area contributed by atoms with E-state index in [4.69, 9.17) is 17.3 Å². The summed E-state index contributed by atoms with van der Waals surface area (Å²) in [6.45, 7) is 0. The number of rotatable bonds is 2. The fraction of sp³-hybridized carbons (Fsp3) is 0. The van der Waals surface area contributed by atoms with Crippen LogP contribution in [0.5, 0.6) is 0 Å². The third-order valence-electron chi connectivity index (χ3n) is 2.99. The summed E-state index contributed by atoms with van der Waals surface area (Å²) in [5.74, 6) is -0.480. The van der Waals surface area contributed by atoms with Crippen molar-refractivity contribution in [2.24, 2.45) is 5.73 Å². The van der Waals surface area contributed by atoms with Crippen molar-refractivity contribution >= 4 is 28.4 Å². The first-order valence-corrected chi connectivity index (χ1v) is 6.05. The summed E-state index contributed by atoms with van der Waals surface area (Å²) >= 11 is 5.88. The molecule has 0 aliphatic rings. The van der Waals surface area contributed by atoms with Gasteiger partial charge in [-0.1, -0.05) is 11.6 Å². The standard InChI is InChI=1S/C14H10ClN3O/c15-9-1-3-10(4-2-9)18-6-5-11-12(14(16)19)7-17-8-13(11)18/h1-8H,(H2,16,19). The molecule has 0 atom stereocenters. The molecule has 3 aromatic rings. The highest BCUT2D eigenvalue weighted by molar-refractivity contribution is 6.30. The molecule has 94 valence electrons. The minimum Gasteiger partial charge on any atom is -0.366 e. The predicted molar refractivity (Wildman–Crippen MR) is 74.6 cm³/mol. The summed E-state index contributed by atoms with van der Waals surface area (Å²) in [6, 6.07) is 9.28. The molecule has 2 aromatic heterocycles. The number of nitrogens with zero attached hydrogens (tertiary/aromatic N) is 2. The molecule has 0 aliphatic heterocycles. The fourth-order valence-electron chi connectivity index (χ4n) is 2.08. The number of benzene rings is 1. The van der Waals surface area contributed by atoms with Crippen LogP contribution in [0, 0.1) is 0 Å². The maximum atomic E-state index is 11.4. The molecule has 19 heavy (non-hydrogen) atoms. The first-order chi connectivity index (χ1) is 9.16. The maximum Gasteiger partial charge on any atom is 0.250 e. The Kier molecular flexibility index (Phi) is 2.72. The van der Waals surface area contributed by atoms with E-state index >= 15 is 0 Å². The molecule has 4 nitrogen and oxygen atoms in total. The summed E-state index contributed by atoms with van der Waals surface area (Å²) in [4.78, 5) is 15.4. The normalized spacial score (nSPS) is 10.8. The molecule has 0 unspecified atom stereocenters. The van der Waals surface area contributed by atoms with Gasteiger partial charge in [0.1, 0.15) is 0 Å². The maximum absolute atomic E-state index is 11.4. The smallest absolute Gasteiger partial charge is 0.250 e. The summed E-state index contributed by atoms with van der Waals surface area (Å²) in [5.41, 5.74) is 7.54. The lowest BCUT2D eigenvalue weighted by Crippen LogP contribution is -2.11. The van der Waals surface area contributed by atoms with Crippen LogP contribution >= 0.6 is 11.6 Å². The van der Waals surface area contributed by atoms with Gasteiger partial charge in [-0.15, -0.1) is 0 Å². The molecule has 2 heterocycles. The van der Waals surface area contributed by atoms with Crippen LogP contribution in [0.1, 0.15) is 10.4 Å². The molecule has 1 aromatic carbocycles. The molecule has 0 saturated heterocycles. The van der Waals surface area contributed by atoms with Crippen LogP contribution in [-0.2, 0) is 0 Å². The Labute approximate surface area is 114 Å². The summed E-state index contributed by atoms with van der Waals surface area (Å²) in [7, 11) is 0. The van der Waals surface area contributed by atoms with Gasteiger partial charge < -0.3 is 10.3 Å². The van der Waals surface area contributed by atoms with Gasteiger partial charge in [0.25, 0.3) is 5.91 Å². The van der Waals surface area contributed by atoms with Gasteiger partial charge >= 0.3 is 0 Å². The van der Waals surface area contributed by atoms with Crippen LogP contribution in [0.3, 0.4) is 0 Å². The zero-order valence-electron chi connectivity index (χ0n) is 9.88. The minimum atomic E-state index is -0.480. The van der Waals surface area contributed by atoms with Gasteiger partial charge in [0.15, 0.2) is 0 Å². The van der Waals surface area contributed by atoms with Crippen LogP contribution in [0.25, 0.3) is 16.6 Å². The van der Waals surface area contributed by atoms with Crippen molar-refractivity contribution in [1.29, 1.82) is 0 Å². The van der Waals surface area contributed by atoms with Crippen molar-refractivity contribution in [2.75, 3.05) is 0 Å². The van der Waals surface area contributed by atoms with E-state index in [0.29, 0.717) is 10.6 Å². The van der Waals surface area contributed by atoms with Crippen molar-refractivity contribution in [1.82, 2.24) is 9.55 Å². The first kappa shape index (κ1) is 11.7. The monoisotopic (exact) mass is 271 g/mol. The molecule has 0 saturated carbocycles. The van der Waals surface area contributed by atoms with E-state index in [1.807, 2.05) is 41.1 Å². The van der Waals surface area contributed by atoms with Crippen LogP contribution in [-0.4, -0.2) is 15.5 Å². The molecular weight excluding hydrogens is 262 g/mol. The van der Waals surface area contributed by atoms with E-state index in [0.717, 1.165) is 16.6 Å². The number of amides is 1. The van der Waals surface area contributed by atoms with E-state index < -0.39 is 5.91 Å². The molecule has 3 rings (SSSR count). The molecular formula is C14H10ClN3O. The van der Waals surface area contributed by atoms with E-state index in [-0.39, 0.29) is 0 Å². The van der Waals surface area contributed by atoms with Crippen molar-refractivity contribution in [3.63, 3.8) is 0 Å². The summed E-state index contributed by atoms with van der Waals surface area (Å²) in [6.07, 6.45) is 5.06. The third-order valence-corrected chi connectivity index (χ3v) is 3.24. The highest BCUT2D eigenvalue weighted by Crippen LogP contribution is 2.23. The lowest BCUT2D eigenvalue weighted by molar-refractivity contribution is 0.100. The number of nitrogens with two attached hydrogens (primary N) is 1. The predicted octanol–water partition coefficient (Wildman–Crippen LogP) is 2.78. The van der Waals surface area contributed by atoms with Gasteiger partial charge in [-0.2, -0.15) is 0 Å². The highest BCUT2D eigenvalue weighted by atomic mass is 35.5. The quantitative estimate of drug-likeness (QED) is 0.779. The SMILES string of the molecule is NC(=O)c1cncc2c1ccn2-c1ccc(Cl)cc1. The Morgan fingerprint density at radius 3 is 2.58 bits per heavy atom. The van der Waals surface area contributed by atoms with E-state index in [1.54, 1.807) is 6.20 Å². The number of carbonyl (C=O) groups excluding carboxylic acids is 1. The topological polar surface area (TPSA) is 60.9 Å². The van der Waals surface area contributed by atoms with E-state index in [1.165, 1.54) is 6.20 Å². The van der Waals surface area contributed by atoms with E-state index in [9.17, 15) is 4.79 Å². The average Bonchev–Trinajstić information content (AvgIpc) is 2.83. The number of fused-ring (bicyclic) bond motifs is 1. The second kappa shape index (κ2) is 4.40. The lowest BCUT2D eigenvalue weighted by atomic mass is 10.2. The number of carbonyl (C=O) groups is 1. The molecule has 0 radical (unpaired) electrons. The third kappa shape index (κ3) is 1.96. The lowest BCUT2D eigenvalue weighted by Gasteiger charge is -2.05. The number of aromatic nitrogens is 2. The number of halogens is 1. The zero-order valence-corrected chi connectivity index (χ0v) is 10.6. The van der Waals surface area contributed by atoms with Crippen molar-refractivity contribution in [3.8, 4) is 5.69 Å². The Morgan fingerprint density at radius 1 is 1.16 bits per heavy atom. The van der Waals surface area contributed by atoms with Crippen molar-refractivity contribution in [3.05, 3.63) is 59.5 Å². The Bertz CT molecular complexity index is 762. The van der Waals surface area contributed by atoms with Gasteiger partial charge in [0.2, 0.25) is 0 Å². The van der Waals surface area contributed by atoms with Crippen LogP contribution in [0.2, 0.25) is 5.02 Å². The van der Waals surface area contributed by atoms with Gasteiger partial charge in [0.05, 0.1) is 17.3 Å². The summed E-state index contributed by atoms with van der Waals surface area (Å²) in [5, 5.41) is 1.47. The van der Waals surface area contributed by atoms with Gasteiger partial charge in [-0.3, -0.25) is 9.78 Å². The van der Waals surface area contributed by atoms with Crippen LogP contribution in [0.15, 0.2) is 48.9 Å². The van der Waals surface area contributed by atoms with Crippen LogP contribution in [0.4, 0.5) is 0 Å². The van der Waals surface area contributed by atoms with Gasteiger partial charge in [-0.25, -0.2) is 0 Å². The molecule has 0 aliphatic carbocycles. The molecule has 0 fully saturated rings. The molecule has 5 heteroatoms. The van der Waals surface area contributed by atoms with Gasteiger partial charge in [0, 0.05) is 28.5 Å². The Morgan fingerprint density at radius 2 is 1.89 bits per heavy atom. The molecule has 0 bridgehead atoms. The van der Waals surface area contributed by atoms with Crippen molar-refractivity contribution in [2.45, 2.75) is 0 Å². The largest absolute Gasteiger partial charge is 0.366 e. The Balaban J connectivity index is 2.24.